The molecule has 1 N–H and O–H groups in total. The van der Waals surface area contributed by atoms with Crippen molar-refractivity contribution in [3.63, 3.8) is 0 Å². The van der Waals surface area contributed by atoms with Crippen LogP contribution >= 0.6 is 0 Å². The molecule has 4 aliphatic rings. The van der Waals surface area contributed by atoms with Crippen LogP contribution in [0.1, 0.15) is 51.4 Å². The van der Waals surface area contributed by atoms with E-state index in [0.717, 1.165) is 19.3 Å². The molecule has 0 heterocycles. The van der Waals surface area contributed by atoms with Gasteiger partial charge >= 0.3 is 21.3 Å². The van der Waals surface area contributed by atoms with Crippen molar-refractivity contribution in [1.82, 2.24) is 0 Å². The number of carbonyl (C=O) groups is 1. The molecule has 138 valence electrons. The highest BCUT2D eigenvalue weighted by molar-refractivity contribution is 7.87. The molecule has 24 heavy (non-hydrogen) atoms. The van der Waals surface area contributed by atoms with Crippen LogP contribution in [0.5, 0.6) is 0 Å². The van der Waals surface area contributed by atoms with Crippen molar-refractivity contribution >= 4 is 15.9 Å². The molecular formula is C15H20F4O4S. The van der Waals surface area contributed by atoms with Crippen LogP contribution < -0.4 is 0 Å². The third kappa shape index (κ3) is 2.77. The number of hydrogen-bond donors (Lipinski definition) is 1. The van der Waals surface area contributed by atoms with Crippen LogP contribution in [0.15, 0.2) is 0 Å². The Morgan fingerprint density at radius 3 is 1.79 bits per heavy atom. The Hall–Kier alpha value is -0.700. The van der Waals surface area contributed by atoms with Gasteiger partial charge in [0, 0.05) is 18.3 Å². The van der Waals surface area contributed by atoms with Crippen molar-refractivity contribution in [2.75, 3.05) is 0 Å². The molecule has 0 aromatic rings. The van der Waals surface area contributed by atoms with Crippen molar-refractivity contribution in [2.24, 2.45) is 23.2 Å². The smallest absolute Gasteiger partial charge is 0.299 e. The zero-order valence-electron chi connectivity index (χ0n) is 13.0. The van der Waals surface area contributed by atoms with Crippen LogP contribution in [0.4, 0.5) is 17.6 Å². The van der Waals surface area contributed by atoms with E-state index in [0.29, 0.717) is 37.0 Å². The van der Waals surface area contributed by atoms with E-state index in [2.05, 4.69) is 0 Å². The van der Waals surface area contributed by atoms with Gasteiger partial charge in [0.05, 0.1) is 0 Å². The minimum atomic E-state index is -6.25. The highest BCUT2D eigenvalue weighted by atomic mass is 32.2. The minimum Gasteiger partial charge on any atom is -0.299 e. The number of carbonyl (C=O) groups excluding carboxylic acids is 1. The van der Waals surface area contributed by atoms with Gasteiger partial charge in [-0.25, -0.2) is 0 Å². The summed E-state index contributed by atoms with van der Waals surface area (Å²) >= 11 is 0. The predicted molar refractivity (Wildman–Crippen MR) is 76.3 cm³/mol. The Kier molecular flexibility index (Phi) is 4.07. The van der Waals surface area contributed by atoms with Gasteiger partial charge in [0.2, 0.25) is 0 Å². The largest absolute Gasteiger partial charge is 0.431 e. The molecule has 0 atom stereocenters. The van der Waals surface area contributed by atoms with Crippen molar-refractivity contribution in [2.45, 2.75) is 62.5 Å². The third-order valence-electron chi connectivity index (χ3n) is 6.05. The van der Waals surface area contributed by atoms with Gasteiger partial charge < -0.3 is 0 Å². The minimum absolute atomic E-state index is 0.403. The van der Waals surface area contributed by atoms with Crippen LogP contribution in [0.2, 0.25) is 0 Å². The monoisotopic (exact) mass is 372 g/mol. The highest BCUT2D eigenvalue weighted by Gasteiger charge is 2.65. The maximum Gasteiger partial charge on any atom is 0.431 e. The molecule has 4 saturated carbocycles. The molecule has 0 aliphatic heterocycles. The van der Waals surface area contributed by atoms with Gasteiger partial charge in [-0.2, -0.15) is 26.0 Å². The topological polar surface area (TPSA) is 71.4 Å². The molecule has 0 unspecified atom stereocenters. The lowest BCUT2D eigenvalue weighted by Gasteiger charge is -2.56. The summed E-state index contributed by atoms with van der Waals surface area (Å²) in [6, 6.07) is 0. The number of alkyl halides is 4. The molecular weight excluding hydrogens is 352 g/mol. The average Bonchev–Trinajstić information content (AvgIpc) is 2.41. The van der Waals surface area contributed by atoms with Crippen LogP contribution in [-0.4, -0.2) is 29.9 Å². The van der Waals surface area contributed by atoms with Gasteiger partial charge in [0.25, 0.3) is 0 Å². The molecule has 0 saturated heterocycles. The van der Waals surface area contributed by atoms with Gasteiger partial charge in [0.15, 0.2) is 0 Å². The van der Waals surface area contributed by atoms with E-state index >= 15 is 0 Å². The molecule has 4 bridgehead atoms. The lowest BCUT2D eigenvalue weighted by Crippen LogP contribution is -2.51. The maximum atomic E-state index is 13.6. The first-order chi connectivity index (χ1) is 10.9. The van der Waals surface area contributed by atoms with E-state index in [4.69, 9.17) is 4.55 Å². The lowest BCUT2D eigenvalue weighted by molar-refractivity contribution is -0.170. The average molecular weight is 372 g/mol. The van der Waals surface area contributed by atoms with Crippen LogP contribution in [0, 0.1) is 23.2 Å². The molecule has 4 aliphatic carbocycles. The molecule has 4 rings (SSSR count). The van der Waals surface area contributed by atoms with Gasteiger partial charge in [-0.05, 0) is 56.3 Å². The molecule has 4 nitrogen and oxygen atoms in total. The van der Waals surface area contributed by atoms with Crippen LogP contribution in [0.3, 0.4) is 0 Å². The normalized spacial score (nSPS) is 36.1. The Balaban J connectivity index is 1.70. The standard InChI is InChI=1S/C15H20F4O4S/c16-14(17,15(18,19)24(21,22)23)2-1-12(20)13-6-9-3-10(7-13)5-11(4-9)8-13/h9-11H,1-8H2,(H,21,22,23). The van der Waals surface area contributed by atoms with E-state index < -0.39 is 45.3 Å². The molecule has 0 spiro atoms. The van der Waals surface area contributed by atoms with Gasteiger partial charge in [-0.3, -0.25) is 9.35 Å². The second kappa shape index (κ2) is 5.40. The summed E-state index contributed by atoms with van der Waals surface area (Å²) in [5, 5.41) is -5.60. The summed E-state index contributed by atoms with van der Waals surface area (Å²) in [6.07, 6.45) is 2.62. The van der Waals surface area contributed by atoms with Gasteiger partial charge in [-0.1, -0.05) is 0 Å². The number of hydrogen-bond acceptors (Lipinski definition) is 3. The molecule has 4 fully saturated rings. The summed E-state index contributed by atoms with van der Waals surface area (Å²) in [7, 11) is -6.25. The second-order valence-electron chi connectivity index (χ2n) is 7.82. The van der Waals surface area contributed by atoms with Gasteiger partial charge in [-0.15, -0.1) is 0 Å². The number of Topliss-reactive ketones (excluding diaryl/α,β-unsaturated/α-hetero) is 1. The molecule has 0 aromatic heterocycles. The molecule has 0 radical (unpaired) electrons. The van der Waals surface area contributed by atoms with Crippen molar-refractivity contribution in [3.8, 4) is 0 Å². The second-order valence-corrected chi connectivity index (χ2v) is 9.28. The summed E-state index contributed by atoms with van der Waals surface area (Å²) in [5.74, 6) is -4.24. The third-order valence-corrected chi connectivity index (χ3v) is 6.99. The number of halogens is 4. The van der Waals surface area contributed by atoms with Gasteiger partial charge in [0.1, 0.15) is 5.78 Å². The Labute approximate surface area is 137 Å². The summed E-state index contributed by atoms with van der Waals surface area (Å²) in [4.78, 5) is 12.5. The van der Waals surface area contributed by atoms with E-state index in [1.165, 1.54) is 0 Å². The van der Waals surface area contributed by atoms with Crippen molar-refractivity contribution in [1.29, 1.82) is 0 Å². The van der Waals surface area contributed by atoms with E-state index in [9.17, 15) is 30.8 Å². The predicted octanol–water partition coefficient (Wildman–Crippen LogP) is 3.67. The molecule has 9 heteroatoms. The zero-order chi connectivity index (χ0) is 18.0. The number of ketones is 1. The first-order valence-electron chi connectivity index (χ1n) is 8.12. The molecule has 0 aromatic carbocycles. The Morgan fingerprint density at radius 1 is 1.00 bits per heavy atom. The lowest BCUT2D eigenvalue weighted by atomic mass is 9.48. The fourth-order valence-electron chi connectivity index (χ4n) is 5.32. The molecule has 0 amide bonds. The zero-order valence-corrected chi connectivity index (χ0v) is 13.8. The summed E-state index contributed by atoms with van der Waals surface area (Å²) in [5.41, 5.74) is -0.696. The maximum absolute atomic E-state index is 13.6. The number of rotatable bonds is 6. The summed E-state index contributed by atoms with van der Waals surface area (Å²) < 4.78 is 83.0. The first kappa shape index (κ1) is 18.1. The Morgan fingerprint density at radius 2 is 1.42 bits per heavy atom. The highest BCUT2D eigenvalue weighted by Crippen LogP contribution is 2.60. The first-order valence-corrected chi connectivity index (χ1v) is 9.56. The van der Waals surface area contributed by atoms with E-state index in [1.54, 1.807) is 0 Å². The van der Waals surface area contributed by atoms with E-state index in [1.807, 2.05) is 0 Å². The van der Waals surface area contributed by atoms with Crippen LogP contribution in [-0.2, 0) is 14.9 Å². The van der Waals surface area contributed by atoms with Crippen molar-refractivity contribution in [3.05, 3.63) is 0 Å². The fourth-order valence-corrected chi connectivity index (χ4v) is 5.80. The Bertz CT molecular complexity index is 609. The van der Waals surface area contributed by atoms with E-state index in [-0.39, 0.29) is 0 Å². The summed E-state index contributed by atoms with van der Waals surface area (Å²) in [6.45, 7) is 0. The SMILES string of the molecule is O=C(CCC(F)(F)C(F)(F)S(=O)(=O)O)C12CC3CC(CC(C3)C1)C2. The fraction of sp³-hybridized carbons (Fsp3) is 0.933. The van der Waals surface area contributed by atoms with Crippen LogP contribution in [0.25, 0.3) is 0 Å². The van der Waals surface area contributed by atoms with Crippen molar-refractivity contribution < 1.29 is 35.3 Å². The quantitative estimate of drug-likeness (QED) is 0.570.